The van der Waals surface area contributed by atoms with Crippen LogP contribution in [0.15, 0.2) is 0 Å². The third kappa shape index (κ3) is 6.05. The molecule has 0 aliphatic carbocycles. The Kier molecular flexibility index (Phi) is 6.15. The van der Waals surface area contributed by atoms with Crippen LogP contribution in [0.2, 0.25) is 0 Å². The fourth-order valence-corrected chi connectivity index (χ4v) is 1.37. The summed E-state index contributed by atoms with van der Waals surface area (Å²) in [6, 6.07) is 0. The summed E-state index contributed by atoms with van der Waals surface area (Å²) in [5, 5.41) is -0.994. The van der Waals surface area contributed by atoms with E-state index < -0.39 is 10.6 Å². The molecule has 0 saturated carbocycles. The molecule has 11 heavy (non-hydrogen) atoms. The van der Waals surface area contributed by atoms with Crippen molar-refractivity contribution in [2.45, 2.75) is 6.92 Å². The van der Waals surface area contributed by atoms with Gasteiger partial charge in [0.1, 0.15) is 0 Å². The van der Waals surface area contributed by atoms with E-state index in [1.165, 1.54) is 7.11 Å². The maximum atomic E-state index is 10.6. The molecule has 0 atom stereocenters. The van der Waals surface area contributed by atoms with Gasteiger partial charge in [0.05, 0.1) is 13.7 Å². The lowest BCUT2D eigenvalue weighted by atomic mass is 10.9. The monoisotopic (exact) mass is 196 g/mol. The maximum Gasteiger partial charge on any atom is 0.378 e. The van der Waals surface area contributed by atoms with Gasteiger partial charge < -0.3 is 9.47 Å². The van der Waals surface area contributed by atoms with Gasteiger partial charge in [-0.15, -0.1) is 0 Å². The van der Waals surface area contributed by atoms with Crippen LogP contribution in [0.3, 0.4) is 0 Å². The highest BCUT2D eigenvalue weighted by atomic mass is 33.1. The van der Waals surface area contributed by atoms with Crippen molar-refractivity contribution in [2.75, 3.05) is 13.7 Å². The maximum absolute atomic E-state index is 10.6. The highest BCUT2D eigenvalue weighted by Gasteiger charge is 2.08. The first-order valence-electron chi connectivity index (χ1n) is 2.80. The number of carbonyl (C=O) groups is 2. The zero-order valence-electron chi connectivity index (χ0n) is 6.16. The largest absolute Gasteiger partial charge is 0.460 e. The lowest BCUT2D eigenvalue weighted by molar-refractivity contribution is 0.181. The number of ether oxygens (including phenoxy) is 2. The molecule has 0 aromatic carbocycles. The Morgan fingerprint density at radius 2 is 1.82 bits per heavy atom. The highest BCUT2D eigenvalue weighted by molar-refractivity contribution is 8.86. The second-order valence-electron chi connectivity index (χ2n) is 1.30. The minimum atomic E-state index is -0.511. The van der Waals surface area contributed by atoms with E-state index in [1.54, 1.807) is 6.92 Å². The van der Waals surface area contributed by atoms with Crippen molar-refractivity contribution in [1.29, 1.82) is 0 Å². The molecule has 0 aliphatic heterocycles. The van der Waals surface area contributed by atoms with Gasteiger partial charge in [0, 0.05) is 21.6 Å². The van der Waals surface area contributed by atoms with Crippen molar-refractivity contribution in [3.05, 3.63) is 0 Å². The molecule has 6 heteroatoms. The summed E-state index contributed by atoms with van der Waals surface area (Å²) >= 11 is 0. The molecule has 0 unspecified atom stereocenters. The lowest BCUT2D eigenvalue weighted by Crippen LogP contribution is -1.95. The summed E-state index contributed by atoms with van der Waals surface area (Å²) in [7, 11) is 2.67. The first kappa shape index (κ1) is 10.6. The molecule has 0 rings (SSSR count). The standard InChI is InChI=1S/C5H8O4S2/c1-3-9-5(7)11-10-4(6)8-2/h3H2,1-2H3. The van der Waals surface area contributed by atoms with E-state index >= 15 is 0 Å². The van der Waals surface area contributed by atoms with Crippen LogP contribution < -0.4 is 0 Å². The summed E-state index contributed by atoms with van der Waals surface area (Å²) in [5.41, 5.74) is 0. The van der Waals surface area contributed by atoms with Gasteiger partial charge in [0.15, 0.2) is 0 Å². The van der Waals surface area contributed by atoms with Crippen molar-refractivity contribution >= 4 is 32.2 Å². The molecule has 0 N–H and O–H groups in total. The van der Waals surface area contributed by atoms with Crippen molar-refractivity contribution in [1.82, 2.24) is 0 Å². The molecule has 0 bridgehead atoms. The zero-order valence-corrected chi connectivity index (χ0v) is 7.79. The second kappa shape index (κ2) is 6.36. The van der Waals surface area contributed by atoms with Crippen molar-refractivity contribution < 1.29 is 19.1 Å². The van der Waals surface area contributed by atoms with Crippen LogP contribution in [0.25, 0.3) is 0 Å². The quantitative estimate of drug-likeness (QED) is 0.473. The van der Waals surface area contributed by atoms with E-state index in [4.69, 9.17) is 0 Å². The van der Waals surface area contributed by atoms with Crippen molar-refractivity contribution in [3.63, 3.8) is 0 Å². The summed E-state index contributed by atoms with van der Waals surface area (Å²) < 4.78 is 8.81. The van der Waals surface area contributed by atoms with Gasteiger partial charge in [-0.3, -0.25) is 0 Å². The molecule has 0 saturated heterocycles. The third-order valence-corrected chi connectivity index (χ3v) is 2.31. The third-order valence-electron chi connectivity index (χ3n) is 0.607. The van der Waals surface area contributed by atoms with Gasteiger partial charge in [-0.1, -0.05) is 0 Å². The van der Waals surface area contributed by atoms with E-state index in [2.05, 4.69) is 9.47 Å². The summed E-state index contributed by atoms with van der Waals surface area (Å²) in [4.78, 5) is 21.0. The number of hydrogen-bond donors (Lipinski definition) is 0. The molecular formula is C5H8O4S2. The number of hydrogen-bond acceptors (Lipinski definition) is 6. The molecule has 0 spiro atoms. The van der Waals surface area contributed by atoms with E-state index in [0.717, 1.165) is 0 Å². The first-order chi connectivity index (χ1) is 5.20. The fourth-order valence-electron chi connectivity index (χ4n) is 0.244. The Balaban J connectivity index is 3.38. The second-order valence-corrected chi connectivity index (χ2v) is 3.30. The smallest absolute Gasteiger partial charge is 0.378 e. The predicted molar refractivity (Wildman–Crippen MR) is 44.6 cm³/mol. The number of methoxy groups -OCH3 is 1. The molecule has 0 aromatic rings. The Morgan fingerprint density at radius 1 is 1.27 bits per heavy atom. The molecule has 0 fully saturated rings. The molecule has 0 aliphatic rings. The van der Waals surface area contributed by atoms with Crippen LogP contribution in [-0.2, 0) is 9.47 Å². The highest BCUT2D eigenvalue weighted by Crippen LogP contribution is 2.24. The normalized spacial score (nSPS) is 8.91. The molecule has 0 amide bonds. The van der Waals surface area contributed by atoms with E-state index in [1.807, 2.05) is 0 Å². The van der Waals surface area contributed by atoms with Crippen LogP contribution in [-0.4, -0.2) is 24.3 Å². The van der Waals surface area contributed by atoms with E-state index in [-0.39, 0.29) is 0 Å². The van der Waals surface area contributed by atoms with Gasteiger partial charge in [0.25, 0.3) is 0 Å². The topological polar surface area (TPSA) is 52.6 Å². The lowest BCUT2D eigenvalue weighted by Gasteiger charge is -1.97. The SMILES string of the molecule is CCOC(=O)SSC(=O)OC. The van der Waals surface area contributed by atoms with Crippen LogP contribution in [0.5, 0.6) is 0 Å². The average Bonchev–Trinajstić information content (AvgIpc) is 2.01. The van der Waals surface area contributed by atoms with Crippen molar-refractivity contribution in [2.24, 2.45) is 0 Å². The molecule has 64 valence electrons. The predicted octanol–water partition coefficient (Wildman–Crippen LogP) is 2.29. The Labute approximate surface area is 72.4 Å². The molecule has 4 nitrogen and oxygen atoms in total. The number of rotatable bonds is 1. The summed E-state index contributed by atoms with van der Waals surface area (Å²) in [5.74, 6) is 0. The fraction of sp³-hybridized carbons (Fsp3) is 0.600. The minimum Gasteiger partial charge on any atom is -0.460 e. The van der Waals surface area contributed by atoms with Gasteiger partial charge in [0.2, 0.25) is 0 Å². The minimum absolute atomic E-state index is 0.313. The van der Waals surface area contributed by atoms with Gasteiger partial charge in [-0.25, -0.2) is 9.59 Å². The van der Waals surface area contributed by atoms with Gasteiger partial charge >= 0.3 is 10.6 Å². The summed E-state index contributed by atoms with van der Waals surface area (Å²) in [6.45, 7) is 2.01. The Hall–Kier alpha value is -0.360. The van der Waals surface area contributed by atoms with Crippen LogP contribution in [0.4, 0.5) is 9.59 Å². The van der Waals surface area contributed by atoms with Crippen LogP contribution in [0.1, 0.15) is 6.92 Å². The Morgan fingerprint density at radius 3 is 2.27 bits per heavy atom. The number of carbonyl (C=O) groups excluding carboxylic acids is 2. The van der Waals surface area contributed by atoms with Crippen LogP contribution >= 0.6 is 21.6 Å². The van der Waals surface area contributed by atoms with Crippen LogP contribution in [0, 0.1) is 0 Å². The van der Waals surface area contributed by atoms with E-state index in [9.17, 15) is 9.59 Å². The first-order valence-corrected chi connectivity index (χ1v) is 4.95. The molecular weight excluding hydrogens is 188 g/mol. The van der Waals surface area contributed by atoms with Gasteiger partial charge in [-0.2, -0.15) is 0 Å². The molecule has 0 aromatic heterocycles. The van der Waals surface area contributed by atoms with Crippen molar-refractivity contribution in [3.8, 4) is 0 Å². The summed E-state index contributed by atoms with van der Waals surface area (Å²) in [6.07, 6.45) is 0. The zero-order chi connectivity index (χ0) is 8.69. The Bertz CT molecular complexity index is 147. The molecule has 0 heterocycles. The molecule has 0 radical (unpaired) electrons. The average molecular weight is 196 g/mol. The van der Waals surface area contributed by atoms with E-state index in [0.29, 0.717) is 28.2 Å². The van der Waals surface area contributed by atoms with Gasteiger partial charge in [-0.05, 0) is 6.92 Å².